The molecule has 74 valence electrons. The van der Waals surface area contributed by atoms with Crippen LogP contribution in [-0.4, -0.2) is 14.9 Å². The van der Waals surface area contributed by atoms with Crippen molar-refractivity contribution in [2.75, 3.05) is 11.6 Å². The fourth-order valence-electron chi connectivity index (χ4n) is 1.12. The lowest BCUT2D eigenvalue weighted by Gasteiger charge is -2.09. The number of aromatic nitrogens is 3. The largest absolute Gasteiger partial charge is 0.366 e. The van der Waals surface area contributed by atoms with Crippen molar-refractivity contribution < 1.29 is 0 Å². The van der Waals surface area contributed by atoms with Crippen molar-refractivity contribution in [3.05, 3.63) is 5.82 Å². The minimum absolute atomic E-state index is 0.172. The number of hydrogen-bond donors (Lipinski definition) is 3. The first kappa shape index (κ1) is 9.79. The number of unbranched alkanes of at least 4 members (excludes halogenated alkanes) is 1. The van der Waals surface area contributed by atoms with Crippen molar-refractivity contribution in [1.29, 1.82) is 0 Å². The summed E-state index contributed by atoms with van der Waals surface area (Å²) in [7, 11) is 0. The Hall–Kier alpha value is -1.30. The summed E-state index contributed by atoms with van der Waals surface area (Å²) >= 11 is 0. The van der Waals surface area contributed by atoms with E-state index in [1.165, 1.54) is 4.68 Å². The molecule has 0 unspecified atom stereocenters. The molecular formula is C7H16N6. The molecule has 1 heterocycles. The van der Waals surface area contributed by atoms with Gasteiger partial charge in [0.25, 0.3) is 0 Å². The third-order valence-electron chi connectivity index (χ3n) is 1.95. The van der Waals surface area contributed by atoms with Crippen LogP contribution in [0, 0.1) is 0 Å². The molecule has 0 aliphatic carbocycles. The quantitative estimate of drug-likeness (QED) is 0.560. The van der Waals surface area contributed by atoms with Crippen LogP contribution < -0.4 is 17.3 Å². The molecule has 0 bridgehead atoms. The highest BCUT2D eigenvalue weighted by molar-refractivity contribution is 5.18. The van der Waals surface area contributed by atoms with E-state index < -0.39 is 0 Å². The molecule has 0 spiro atoms. The van der Waals surface area contributed by atoms with E-state index in [1.807, 2.05) is 0 Å². The van der Waals surface area contributed by atoms with Crippen LogP contribution in [0.5, 0.6) is 0 Å². The van der Waals surface area contributed by atoms with E-state index in [2.05, 4.69) is 17.1 Å². The van der Waals surface area contributed by atoms with Gasteiger partial charge in [-0.1, -0.05) is 19.8 Å². The number of nitrogens with zero attached hydrogens (tertiary/aromatic N) is 3. The van der Waals surface area contributed by atoms with Crippen molar-refractivity contribution in [2.45, 2.75) is 32.2 Å². The van der Waals surface area contributed by atoms with Gasteiger partial charge in [-0.2, -0.15) is 0 Å². The van der Waals surface area contributed by atoms with Gasteiger partial charge in [0.05, 0.1) is 6.04 Å². The summed E-state index contributed by atoms with van der Waals surface area (Å²) in [5.41, 5.74) is 11.3. The molecule has 0 saturated heterocycles. The van der Waals surface area contributed by atoms with Crippen LogP contribution in [0.15, 0.2) is 0 Å². The molecule has 0 amide bonds. The Labute approximate surface area is 77.1 Å². The molecule has 1 aromatic rings. The number of nitrogens with two attached hydrogens (primary N) is 3. The summed E-state index contributed by atoms with van der Waals surface area (Å²) in [6, 6.07) is -0.172. The Bertz CT molecular complexity index is 268. The van der Waals surface area contributed by atoms with Crippen molar-refractivity contribution in [3.8, 4) is 0 Å². The molecule has 6 N–H and O–H groups in total. The Kier molecular flexibility index (Phi) is 3.07. The average molecular weight is 184 g/mol. The molecule has 0 aliphatic heterocycles. The Morgan fingerprint density at radius 1 is 1.46 bits per heavy atom. The number of hydrogen-bond acceptors (Lipinski definition) is 5. The minimum atomic E-state index is -0.172. The maximum Gasteiger partial charge on any atom is 0.240 e. The number of nitrogen functional groups attached to an aromatic ring is 2. The molecule has 1 aromatic heterocycles. The van der Waals surface area contributed by atoms with Crippen LogP contribution >= 0.6 is 0 Å². The Morgan fingerprint density at radius 3 is 2.62 bits per heavy atom. The highest BCUT2D eigenvalue weighted by atomic mass is 15.4. The van der Waals surface area contributed by atoms with Gasteiger partial charge in [0.15, 0.2) is 5.82 Å². The second-order valence-electron chi connectivity index (χ2n) is 3.04. The third kappa shape index (κ3) is 2.09. The summed E-state index contributed by atoms with van der Waals surface area (Å²) in [5, 5.41) is 7.44. The maximum absolute atomic E-state index is 5.84. The van der Waals surface area contributed by atoms with Crippen LogP contribution in [-0.2, 0) is 0 Å². The predicted molar refractivity (Wildman–Crippen MR) is 51.0 cm³/mol. The number of anilines is 1. The van der Waals surface area contributed by atoms with Crippen LogP contribution in [0.4, 0.5) is 5.95 Å². The smallest absolute Gasteiger partial charge is 0.240 e. The standard InChI is InChI=1S/C7H16N6/c1-2-3-4-5(8)6-11-12-7(9)13(6)10/h5H,2-4,8,10H2,1H3,(H2,9,12)/t5-/m0/s1. The van der Waals surface area contributed by atoms with E-state index in [9.17, 15) is 0 Å². The molecule has 6 heteroatoms. The topological polar surface area (TPSA) is 109 Å². The van der Waals surface area contributed by atoms with Gasteiger partial charge in [-0.3, -0.25) is 0 Å². The zero-order valence-corrected chi connectivity index (χ0v) is 7.77. The molecule has 0 aliphatic rings. The maximum atomic E-state index is 5.84. The molecule has 1 atom stereocenters. The van der Waals surface area contributed by atoms with E-state index in [4.69, 9.17) is 17.3 Å². The van der Waals surface area contributed by atoms with Crippen molar-refractivity contribution in [1.82, 2.24) is 14.9 Å². The molecule has 0 radical (unpaired) electrons. The van der Waals surface area contributed by atoms with E-state index in [0.29, 0.717) is 5.82 Å². The summed E-state index contributed by atoms with van der Waals surface area (Å²) < 4.78 is 1.24. The lowest BCUT2D eigenvalue weighted by molar-refractivity contribution is 0.562. The van der Waals surface area contributed by atoms with E-state index >= 15 is 0 Å². The SMILES string of the molecule is CCCC[C@H](N)c1nnc(N)n1N. The minimum Gasteiger partial charge on any atom is -0.366 e. The molecule has 6 nitrogen and oxygen atoms in total. The van der Waals surface area contributed by atoms with Crippen LogP contribution in [0.25, 0.3) is 0 Å². The summed E-state index contributed by atoms with van der Waals surface area (Å²) in [4.78, 5) is 0. The van der Waals surface area contributed by atoms with Gasteiger partial charge in [-0.05, 0) is 6.42 Å². The van der Waals surface area contributed by atoms with E-state index in [-0.39, 0.29) is 12.0 Å². The van der Waals surface area contributed by atoms with Gasteiger partial charge in [-0.25, -0.2) is 4.68 Å². The van der Waals surface area contributed by atoms with E-state index in [0.717, 1.165) is 19.3 Å². The molecule has 0 aromatic carbocycles. The summed E-state index contributed by atoms with van der Waals surface area (Å²) in [5.74, 6) is 6.31. The number of rotatable bonds is 4. The Morgan fingerprint density at radius 2 is 2.15 bits per heavy atom. The van der Waals surface area contributed by atoms with Crippen molar-refractivity contribution in [2.24, 2.45) is 5.73 Å². The van der Waals surface area contributed by atoms with Gasteiger partial charge < -0.3 is 17.3 Å². The first-order valence-electron chi connectivity index (χ1n) is 4.38. The fourth-order valence-corrected chi connectivity index (χ4v) is 1.12. The van der Waals surface area contributed by atoms with Gasteiger partial charge in [0.1, 0.15) is 0 Å². The second-order valence-corrected chi connectivity index (χ2v) is 3.04. The van der Waals surface area contributed by atoms with Gasteiger partial charge in [-0.15, -0.1) is 10.2 Å². The lowest BCUT2D eigenvalue weighted by Crippen LogP contribution is -2.22. The fraction of sp³-hybridized carbons (Fsp3) is 0.714. The van der Waals surface area contributed by atoms with Crippen LogP contribution in [0.3, 0.4) is 0 Å². The highest BCUT2D eigenvalue weighted by Crippen LogP contribution is 2.14. The normalized spacial score (nSPS) is 13.1. The van der Waals surface area contributed by atoms with Gasteiger partial charge in [0.2, 0.25) is 5.95 Å². The van der Waals surface area contributed by atoms with E-state index in [1.54, 1.807) is 0 Å². The second kappa shape index (κ2) is 4.08. The van der Waals surface area contributed by atoms with Gasteiger partial charge in [0, 0.05) is 0 Å². The first-order valence-corrected chi connectivity index (χ1v) is 4.38. The van der Waals surface area contributed by atoms with Crippen molar-refractivity contribution >= 4 is 5.95 Å². The Balaban J connectivity index is 2.65. The molecule has 1 rings (SSSR count). The zero-order chi connectivity index (χ0) is 9.84. The molecule has 13 heavy (non-hydrogen) atoms. The van der Waals surface area contributed by atoms with Crippen molar-refractivity contribution in [3.63, 3.8) is 0 Å². The first-order chi connectivity index (χ1) is 6.16. The van der Waals surface area contributed by atoms with Gasteiger partial charge >= 0.3 is 0 Å². The molecular weight excluding hydrogens is 168 g/mol. The zero-order valence-electron chi connectivity index (χ0n) is 7.77. The highest BCUT2D eigenvalue weighted by Gasteiger charge is 2.14. The average Bonchev–Trinajstić information content (AvgIpc) is 2.44. The van der Waals surface area contributed by atoms with Crippen LogP contribution in [0.1, 0.15) is 38.1 Å². The molecule has 0 saturated carbocycles. The predicted octanol–water partition coefficient (Wildman–Crippen LogP) is -0.236. The van der Waals surface area contributed by atoms with Crippen LogP contribution in [0.2, 0.25) is 0 Å². The summed E-state index contributed by atoms with van der Waals surface area (Å²) in [6.45, 7) is 2.11. The molecule has 0 fully saturated rings. The lowest BCUT2D eigenvalue weighted by atomic mass is 10.1. The third-order valence-corrected chi connectivity index (χ3v) is 1.95. The monoisotopic (exact) mass is 184 g/mol. The summed E-state index contributed by atoms with van der Waals surface area (Å²) in [6.07, 6.45) is 3.00.